The highest BCUT2D eigenvalue weighted by molar-refractivity contribution is 6.36. The summed E-state index contributed by atoms with van der Waals surface area (Å²) >= 11 is 10.0. The zero-order valence-corrected chi connectivity index (χ0v) is 4.46. The molecule has 0 aliphatic rings. The molecule has 0 aromatic rings. The van der Waals surface area contributed by atoms with Gasteiger partial charge in [-0.25, -0.2) is 5.11 Å². The fraction of sp³-hybridized carbons (Fsp3) is 0.333. The van der Waals surface area contributed by atoms with Crippen LogP contribution < -0.4 is 0 Å². The first-order chi connectivity index (χ1) is 2.81. The van der Waals surface area contributed by atoms with Gasteiger partial charge in [0.2, 0.25) is 0 Å². The Bertz CT molecular complexity index is 59.8. The first-order valence-electron chi connectivity index (χ1n) is 1.34. The van der Waals surface area contributed by atoms with Crippen LogP contribution in [-0.2, 0) is 5.11 Å². The van der Waals surface area contributed by atoms with Crippen LogP contribution in [0.4, 0.5) is 0 Å². The molecule has 0 aliphatic carbocycles. The average molecular weight is 126 g/mol. The van der Waals surface area contributed by atoms with E-state index in [-0.39, 0.29) is 5.03 Å². The summed E-state index contributed by atoms with van der Waals surface area (Å²) in [6.07, 6.45) is 0. The van der Waals surface area contributed by atoms with Crippen molar-refractivity contribution in [3.63, 3.8) is 0 Å². The lowest BCUT2D eigenvalue weighted by Crippen LogP contribution is -1.72. The number of halogens is 2. The number of hydrogen-bond donors (Lipinski definition) is 0. The minimum Gasteiger partial charge on any atom is -0.231 e. The lowest BCUT2D eigenvalue weighted by molar-refractivity contribution is 0.229. The average Bonchev–Trinajstić information content (AvgIpc) is 1.65. The van der Waals surface area contributed by atoms with Gasteiger partial charge in [-0.1, -0.05) is 23.2 Å². The maximum atomic E-state index is 9.58. The van der Waals surface area contributed by atoms with E-state index in [2.05, 4.69) is 0 Å². The molecule has 0 saturated carbocycles. The molecule has 0 aliphatic heterocycles. The van der Waals surface area contributed by atoms with Gasteiger partial charge in [0.1, 0.15) is 6.61 Å². The summed E-state index contributed by atoms with van der Waals surface area (Å²) in [5.74, 6) is 0. The van der Waals surface area contributed by atoms with Crippen LogP contribution in [0.1, 0.15) is 0 Å². The first kappa shape index (κ1) is 6.28. The zero-order chi connectivity index (χ0) is 4.99. The van der Waals surface area contributed by atoms with Crippen LogP contribution in [0.2, 0.25) is 0 Å². The molecule has 0 amide bonds. The molecular weight excluding hydrogens is 123 g/mol. The molecule has 1 radical (unpaired) electrons. The minimum atomic E-state index is -0.426. The van der Waals surface area contributed by atoms with Crippen molar-refractivity contribution in [2.75, 3.05) is 6.61 Å². The maximum absolute atomic E-state index is 9.58. The fourth-order valence-electron chi connectivity index (χ4n) is 0.0315. The smallest absolute Gasteiger partial charge is 0.119 e. The predicted molar refractivity (Wildman–Crippen MR) is 25.3 cm³/mol. The largest absolute Gasteiger partial charge is 0.231 e. The SMILES string of the molecule is [O]C/C(Cl)=C/Cl. The van der Waals surface area contributed by atoms with Crippen LogP contribution in [0.25, 0.3) is 0 Å². The maximum Gasteiger partial charge on any atom is 0.119 e. The Balaban J connectivity index is 3.22. The highest BCUT2D eigenvalue weighted by Crippen LogP contribution is 1.99. The highest BCUT2D eigenvalue weighted by Gasteiger charge is 1.81. The molecule has 0 heterocycles. The van der Waals surface area contributed by atoms with Gasteiger partial charge in [-0.15, -0.1) is 0 Å². The Labute approximate surface area is 46.2 Å². The molecule has 0 aromatic heterocycles. The Hall–Kier alpha value is 0.280. The van der Waals surface area contributed by atoms with E-state index < -0.39 is 6.61 Å². The third kappa shape index (κ3) is 2.51. The van der Waals surface area contributed by atoms with Gasteiger partial charge in [0.25, 0.3) is 0 Å². The summed E-state index contributed by atoms with van der Waals surface area (Å²) in [4.78, 5) is 0. The lowest BCUT2D eigenvalue weighted by Gasteiger charge is -1.77. The molecule has 35 valence electrons. The van der Waals surface area contributed by atoms with Gasteiger partial charge in [0, 0.05) is 5.54 Å². The van der Waals surface area contributed by atoms with E-state index in [0.29, 0.717) is 0 Å². The van der Waals surface area contributed by atoms with Crippen LogP contribution >= 0.6 is 23.2 Å². The fourth-order valence-corrected chi connectivity index (χ4v) is 0.0945. The molecule has 0 fully saturated rings. The van der Waals surface area contributed by atoms with Gasteiger partial charge in [-0.3, -0.25) is 0 Å². The van der Waals surface area contributed by atoms with Crippen LogP contribution in [0, 0.1) is 0 Å². The lowest BCUT2D eigenvalue weighted by atomic mass is 10.7. The summed E-state index contributed by atoms with van der Waals surface area (Å²) in [5.41, 5.74) is 1.06. The molecule has 0 spiro atoms. The van der Waals surface area contributed by atoms with Crippen LogP contribution in [-0.4, -0.2) is 6.61 Å². The second-order valence-corrected chi connectivity index (χ2v) is 1.40. The van der Waals surface area contributed by atoms with Crippen molar-refractivity contribution in [1.82, 2.24) is 0 Å². The van der Waals surface area contributed by atoms with Crippen molar-refractivity contribution in [1.29, 1.82) is 0 Å². The predicted octanol–water partition coefficient (Wildman–Crippen LogP) is 1.74. The molecule has 0 atom stereocenters. The van der Waals surface area contributed by atoms with E-state index in [1.54, 1.807) is 0 Å². The van der Waals surface area contributed by atoms with Gasteiger partial charge in [0.05, 0.1) is 5.03 Å². The first-order valence-corrected chi connectivity index (χ1v) is 2.15. The molecule has 0 bridgehead atoms. The summed E-state index contributed by atoms with van der Waals surface area (Å²) in [7, 11) is 0. The second-order valence-electron chi connectivity index (χ2n) is 0.700. The van der Waals surface area contributed by atoms with Crippen LogP contribution in [0.15, 0.2) is 10.6 Å². The van der Waals surface area contributed by atoms with E-state index in [1.165, 1.54) is 0 Å². The van der Waals surface area contributed by atoms with E-state index in [1.807, 2.05) is 0 Å². The molecular formula is C3H3Cl2O. The number of hydrogen-bond acceptors (Lipinski definition) is 0. The number of rotatable bonds is 1. The Kier molecular flexibility index (Phi) is 3.63. The standard InChI is InChI=1S/C3H3Cl2O/c4-1-3(5)2-6/h1H,2H2/b3-1-. The summed E-state index contributed by atoms with van der Waals surface area (Å²) in [6, 6.07) is 0. The molecule has 0 rings (SSSR count). The third-order valence-corrected chi connectivity index (χ3v) is 0.850. The van der Waals surface area contributed by atoms with E-state index in [4.69, 9.17) is 23.2 Å². The topological polar surface area (TPSA) is 19.9 Å². The molecule has 0 unspecified atom stereocenters. The summed E-state index contributed by atoms with van der Waals surface area (Å²) in [6.45, 7) is -0.426. The van der Waals surface area contributed by atoms with E-state index in [9.17, 15) is 5.11 Å². The van der Waals surface area contributed by atoms with Crippen molar-refractivity contribution in [2.45, 2.75) is 0 Å². The summed E-state index contributed by atoms with van der Waals surface area (Å²) < 4.78 is 0. The normalized spacial score (nSPS) is 12.2. The third-order valence-electron chi connectivity index (χ3n) is 0.256. The molecule has 3 heteroatoms. The second kappa shape index (κ2) is 3.47. The van der Waals surface area contributed by atoms with Gasteiger partial charge < -0.3 is 0 Å². The zero-order valence-electron chi connectivity index (χ0n) is 2.95. The van der Waals surface area contributed by atoms with Crippen molar-refractivity contribution in [3.8, 4) is 0 Å². The van der Waals surface area contributed by atoms with Crippen molar-refractivity contribution in [2.24, 2.45) is 0 Å². The van der Waals surface area contributed by atoms with Crippen LogP contribution in [0.3, 0.4) is 0 Å². The minimum absolute atomic E-state index is 0.150. The molecule has 1 nitrogen and oxygen atoms in total. The van der Waals surface area contributed by atoms with Crippen molar-refractivity contribution in [3.05, 3.63) is 10.6 Å². The molecule has 6 heavy (non-hydrogen) atoms. The molecule has 0 aromatic carbocycles. The Morgan fingerprint density at radius 2 is 2.33 bits per heavy atom. The Morgan fingerprint density at radius 3 is 2.33 bits per heavy atom. The van der Waals surface area contributed by atoms with E-state index >= 15 is 0 Å². The Morgan fingerprint density at radius 1 is 1.83 bits per heavy atom. The van der Waals surface area contributed by atoms with Gasteiger partial charge in [0.15, 0.2) is 0 Å². The van der Waals surface area contributed by atoms with Gasteiger partial charge in [-0.05, 0) is 0 Å². The van der Waals surface area contributed by atoms with E-state index in [0.717, 1.165) is 5.54 Å². The van der Waals surface area contributed by atoms with Gasteiger partial charge in [-0.2, -0.15) is 0 Å². The highest BCUT2D eigenvalue weighted by atomic mass is 35.5. The quantitative estimate of drug-likeness (QED) is 0.509. The van der Waals surface area contributed by atoms with Crippen LogP contribution in [0.5, 0.6) is 0 Å². The molecule has 0 saturated heterocycles. The van der Waals surface area contributed by atoms with Gasteiger partial charge >= 0.3 is 0 Å². The van der Waals surface area contributed by atoms with Crippen molar-refractivity contribution < 1.29 is 5.11 Å². The van der Waals surface area contributed by atoms with Crippen molar-refractivity contribution >= 4 is 23.2 Å². The summed E-state index contributed by atoms with van der Waals surface area (Å²) in [5, 5.41) is 9.73. The molecule has 0 N–H and O–H groups in total. The monoisotopic (exact) mass is 125 g/mol.